The van der Waals surface area contributed by atoms with E-state index in [4.69, 9.17) is 9.72 Å². The molecule has 0 spiro atoms. The Labute approximate surface area is 201 Å². The van der Waals surface area contributed by atoms with Gasteiger partial charge in [0.1, 0.15) is 4.83 Å². The molecule has 3 heterocycles. The van der Waals surface area contributed by atoms with Crippen LogP contribution in [0.5, 0.6) is 0 Å². The van der Waals surface area contributed by atoms with Gasteiger partial charge in [-0.15, -0.1) is 11.3 Å². The van der Waals surface area contributed by atoms with Gasteiger partial charge in [0, 0.05) is 17.2 Å². The molecule has 1 aliphatic carbocycles. The number of amides is 1. The molecule has 3 aromatic rings. The lowest BCUT2D eigenvalue weighted by Crippen LogP contribution is -2.30. The molecule has 1 amide bonds. The van der Waals surface area contributed by atoms with Crippen LogP contribution in [0.4, 0.5) is 5.69 Å². The van der Waals surface area contributed by atoms with Gasteiger partial charge in [-0.3, -0.25) is 14.2 Å². The van der Waals surface area contributed by atoms with E-state index in [2.05, 4.69) is 5.32 Å². The Morgan fingerprint density at radius 1 is 1.33 bits per heavy atom. The van der Waals surface area contributed by atoms with Gasteiger partial charge >= 0.3 is 0 Å². The summed E-state index contributed by atoms with van der Waals surface area (Å²) in [5, 5.41) is 3.98. The van der Waals surface area contributed by atoms with Gasteiger partial charge in [0.15, 0.2) is 5.16 Å². The van der Waals surface area contributed by atoms with Crippen molar-refractivity contribution < 1.29 is 9.53 Å². The Morgan fingerprint density at radius 3 is 2.97 bits per heavy atom. The first-order valence-corrected chi connectivity index (χ1v) is 13.4. The Bertz CT molecular complexity index is 1240. The van der Waals surface area contributed by atoms with Gasteiger partial charge < -0.3 is 10.1 Å². The average molecular weight is 484 g/mol. The molecule has 2 aromatic heterocycles. The summed E-state index contributed by atoms with van der Waals surface area (Å²) in [5.74, 6) is -0.103. The maximum Gasteiger partial charge on any atom is 0.263 e. The smallest absolute Gasteiger partial charge is 0.263 e. The largest absolute Gasteiger partial charge is 0.376 e. The maximum atomic E-state index is 13.7. The highest BCUT2D eigenvalue weighted by Gasteiger charge is 2.26. The summed E-state index contributed by atoms with van der Waals surface area (Å²) in [4.78, 5) is 33.7. The first kappa shape index (κ1) is 22.6. The van der Waals surface area contributed by atoms with E-state index in [0.717, 1.165) is 60.2 Å². The number of hydrogen-bond donors (Lipinski definition) is 1. The minimum Gasteiger partial charge on any atom is -0.376 e. The summed E-state index contributed by atoms with van der Waals surface area (Å²) < 4.78 is 7.61. The van der Waals surface area contributed by atoms with Crippen LogP contribution in [0.25, 0.3) is 10.2 Å². The predicted octanol–water partition coefficient (Wildman–Crippen LogP) is 4.94. The van der Waals surface area contributed by atoms with Gasteiger partial charge in [-0.1, -0.05) is 23.9 Å². The third-order valence-electron chi connectivity index (χ3n) is 6.39. The number of aryl methyl sites for hydroxylation is 3. The van der Waals surface area contributed by atoms with E-state index in [1.165, 1.54) is 28.6 Å². The van der Waals surface area contributed by atoms with E-state index >= 15 is 0 Å². The van der Waals surface area contributed by atoms with Crippen molar-refractivity contribution in [2.45, 2.75) is 75.4 Å². The molecule has 5 rings (SSSR count). The highest BCUT2D eigenvalue weighted by molar-refractivity contribution is 8.00. The second-order valence-corrected chi connectivity index (χ2v) is 11.3. The van der Waals surface area contributed by atoms with E-state index in [0.29, 0.717) is 11.7 Å². The molecule has 2 unspecified atom stereocenters. The number of nitrogens with one attached hydrogen (secondary N) is 1. The second-order valence-electron chi connectivity index (χ2n) is 8.96. The number of benzene rings is 1. The van der Waals surface area contributed by atoms with Crippen LogP contribution in [-0.4, -0.2) is 33.4 Å². The first-order chi connectivity index (χ1) is 16.0. The number of carbonyl (C=O) groups is 1. The maximum absolute atomic E-state index is 13.7. The van der Waals surface area contributed by atoms with Crippen LogP contribution in [0, 0.1) is 6.92 Å². The van der Waals surface area contributed by atoms with Crippen molar-refractivity contribution in [3.05, 3.63) is 50.6 Å². The van der Waals surface area contributed by atoms with Crippen LogP contribution >= 0.6 is 23.1 Å². The van der Waals surface area contributed by atoms with Gasteiger partial charge in [0.05, 0.1) is 23.3 Å². The fourth-order valence-electron chi connectivity index (χ4n) is 4.64. The summed E-state index contributed by atoms with van der Waals surface area (Å²) in [5.41, 5.74) is 3.08. The SMILES string of the molecule is Cc1cccc(NC(=O)C(C)Sc2nc3sc4c(c3c(=O)n2CC2CCCO2)CCCC4)c1. The zero-order chi connectivity index (χ0) is 22.9. The Balaban J connectivity index is 1.47. The van der Waals surface area contributed by atoms with Crippen LogP contribution in [0.1, 0.15) is 48.6 Å². The lowest BCUT2D eigenvalue weighted by molar-refractivity contribution is -0.115. The van der Waals surface area contributed by atoms with Gasteiger partial charge in [0.25, 0.3) is 5.56 Å². The van der Waals surface area contributed by atoms with Gasteiger partial charge in [0.2, 0.25) is 5.91 Å². The predicted molar refractivity (Wildman–Crippen MR) is 135 cm³/mol. The molecule has 6 nitrogen and oxygen atoms in total. The Morgan fingerprint density at radius 2 is 2.18 bits per heavy atom. The van der Waals surface area contributed by atoms with E-state index in [9.17, 15) is 9.59 Å². The van der Waals surface area contributed by atoms with Crippen LogP contribution < -0.4 is 10.9 Å². The summed E-state index contributed by atoms with van der Waals surface area (Å²) >= 11 is 3.00. The minimum absolute atomic E-state index is 0.0173. The molecule has 2 atom stereocenters. The van der Waals surface area contributed by atoms with Crippen LogP contribution in [0.2, 0.25) is 0 Å². The van der Waals surface area contributed by atoms with E-state index in [-0.39, 0.29) is 17.6 Å². The molecule has 2 aliphatic rings. The van der Waals surface area contributed by atoms with Crippen molar-refractivity contribution in [3.8, 4) is 0 Å². The molecule has 0 saturated carbocycles. The average Bonchev–Trinajstić information content (AvgIpc) is 3.43. The molecule has 1 saturated heterocycles. The molecular weight excluding hydrogens is 454 g/mol. The highest BCUT2D eigenvalue weighted by Crippen LogP contribution is 2.35. The van der Waals surface area contributed by atoms with Crippen molar-refractivity contribution in [1.29, 1.82) is 0 Å². The number of thiophene rings is 1. The van der Waals surface area contributed by atoms with Crippen molar-refractivity contribution >= 4 is 44.9 Å². The third-order valence-corrected chi connectivity index (χ3v) is 8.66. The summed E-state index contributed by atoms with van der Waals surface area (Å²) in [6.07, 6.45) is 6.25. The molecule has 0 bridgehead atoms. The number of thioether (sulfide) groups is 1. The molecule has 33 heavy (non-hydrogen) atoms. The zero-order valence-electron chi connectivity index (χ0n) is 19.1. The van der Waals surface area contributed by atoms with Crippen molar-refractivity contribution in [3.63, 3.8) is 0 Å². The summed E-state index contributed by atoms with van der Waals surface area (Å²) in [6.45, 7) is 5.08. The quantitative estimate of drug-likeness (QED) is 0.397. The number of ether oxygens (including phenoxy) is 1. The van der Waals surface area contributed by atoms with Crippen molar-refractivity contribution in [1.82, 2.24) is 9.55 Å². The molecule has 8 heteroatoms. The standard InChI is InChI=1S/C25H29N3O3S2/c1-15-7-5-8-17(13-15)26-22(29)16(2)32-25-27-23-21(19-10-3-4-11-20(19)33-23)24(30)28(25)14-18-9-6-12-31-18/h5,7-8,13,16,18H,3-4,6,9-12,14H2,1-2H3,(H,26,29). The monoisotopic (exact) mass is 483 g/mol. The minimum atomic E-state index is -0.403. The van der Waals surface area contributed by atoms with Crippen molar-refractivity contribution in [2.24, 2.45) is 0 Å². The van der Waals surface area contributed by atoms with Gasteiger partial charge in [-0.25, -0.2) is 4.98 Å². The molecular formula is C25H29N3O3S2. The van der Waals surface area contributed by atoms with Crippen LogP contribution in [0.3, 0.4) is 0 Å². The van der Waals surface area contributed by atoms with Crippen LogP contribution in [-0.2, 0) is 28.9 Å². The topological polar surface area (TPSA) is 73.2 Å². The summed E-state index contributed by atoms with van der Waals surface area (Å²) in [6, 6.07) is 7.76. The Hall–Kier alpha value is -2.16. The lowest BCUT2D eigenvalue weighted by atomic mass is 9.97. The van der Waals surface area contributed by atoms with Crippen molar-refractivity contribution in [2.75, 3.05) is 11.9 Å². The molecule has 174 valence electrons. The zero-order valence-corrected chi connectivity index (χ0v) is 20.7. The lowest BCUT2D eigenvalue weighted by Gasteiger charge is -2.18. The number of hydrogen-bond acceptors (Lipinski definition) is 6. The highest BCUT2D eigenvalue weighted by atomic mass is 32.2. The van der Waals surface area contributed by atoms with Gasteiger partial charge in [-0.05, 0) is 75.6 Å². The normalized spacial score (nSPS) is 18.9. The van der Waals surface area contributed by atoms with Gasteiger partial charge in [-0.2, -0.15) is 0 Å². The molecule has 1 N–H and O–H groups in total. The van der Waals surface area contributed by atoms with Crippen LogP contribution in [0.15, 0.2) is 34.2 Å². The number of anilines is 1. The molecule has 0 radical (unpaired) electrons. The Kier molecular flexibility index (Phi) is 6.58. The number of fused-ring (bicyclic) bond motifs is 3. The first-order valence-electron chi connectivity index (χ1n) is 11.7. The molecule has 1 fully saturated rings. The fraction of sp³-hybridized carbons (Fsp3) is 0.480. The molecule has 1 aromatic carbocycles. The summed E-state index contributed by atoms with van der Waals surface area (Å²) in [7, 11) is 0. The van der Waals surface area contributed by atoms with E-state index in [1.54, 1.807) is 15.9 Å². The number of carbonyl (C=O) groups excluding carboxylic acids is 1. The molecule has 1 aliphatic heterocycles. The number of rotatable bonds is 6. The number of aromatic nitrogens is 2. The van der Waals surface area contributed by atoms with E-state index < -0.39 is 5.25 Å². The number of nitrogens with zero attached hydrogens (tertiary/aromatic N) is 2. The fourth-order valence-corrected chi connectivity index (χ4v) is 6.86. The third kappa shape index (κ3) is 4.74. The second kappa shape index (κ2) is 9.60. The van der Waals surface area contributed by atoms with E-state index in [1.807, 2.05) is 38.1 Å².